The van der Waals surface area contributed by atoms with Gasteiger partial charge in [-0.1, -0.05) is 11.2 Å². The van der Waals surface area contributed by atoms with E-state index in [4.69, 9.17) is 4.52 Å². The van der Waals surface area contributed by atoms with Crippen LogP contribution in [0.25, 0.3) is 0 Å². The number of rotatable bonds is 5. The van der Waals surface area contributed by atoms with E-state index in [2.05, 4.69) is 10.5 Å². The lowest BCUT2D eigenvalue weighted by molar-refractivity contribution is 0.392. The van der Waals surface area contributed by atoms with E-state index >= 15 is 0 Å². The molecule has 124 valence electrons. The zero-order chi connectivity index (χ0) is 16.4. The molecular weight excluding hydrogens is 314 g/mol. The van der Waals surface area contributed by atoms with Crippen LogP contribution >= 0.6 is 0 Å². The molecule has 0 radical (unpaired) electrons. The summed E-state index contributed by atoms with van der Waals surface area (Å²) >= 11 is 0. The number of anilines is 1. The Bertz CT molecular complexity index is 773. The van der Waals surface area contributed by atoms with Gasteiger partial charge in [0.05, 0.1) is 10.6 Å². The molecule has 2 aromatic rings. The number of hydrogen-bond donors (Lipinski definition) is 1. The van der Waals surface area contributed by atoms with Gasteiger partial charge in [-0.2, -0.15) is 4.31 Å². The van der Waals surface area contributed by atoms with Crippen molar-refractivity contribution in [1.82, 2.24) is 9.46 Å². The molecule has 2 heterocycles. The molecule has 0 atom stereocenters. The zero-order valence-corrected chi connectivity index (χ0v) is 14.2. The first-order valence-electron chi connectivity index (χ1n) is 7.74. The number of aromatic nitrogens is 1. The number of hydrogen-bond acceptors (Lipinski definition) is 5. The van der Waals surface area contributed by atoms with Gasteiger partial charge in [0.15, 0.2) is 0 Å². The lowest BCUT2D eigenvalue weighted by atomic mass is 10.2. The molecule has 23 heavy (non-hydrogen) atoms. The van der Waals surface area contributed by atoms with Crippen molar-refractivity contribution >= 4 is 15.7 Å². The Morgan fingerprint density at radius 2 is 2.00 bits per heavy atom. The number of sulfonamides is 1. The molecule has 1 aromatic carbocycles. The maximum absolute atomic E-state index is 12.6. The highest BCUT2D eigenvalue weighted by molar-refractivity contribution is 7.89. The number of aryl methyl sites for hydroxylation is 2. The topological polar surface area (TPSA) is 75.4 Å². The van der Waals surface area contributed by atoms with Crippen molar-refractivity contribution in [3.05, 3.63) is 41.3 Å². The van der Waals surface area contributed by atoms with Crippen LogP contribution in [-0.4, -0.2) is 31.0 Å². The van der Waals surface area contributed by atoms with Crippen molar-refractivity contribution in [2.45, 2.75) is 38.1 Å². The first-order valence-corrected chi connectivity index (χ1v) is 9.18. The van der Waals surface area contributed by atoms with Gasteiger partial charge in [0.2, 0.25) is 10.0 Å². The van der Waals surface area contributed by atoms with E-state index < -0.39 is 10.0 Å². The quantitative estimate of drug-likeness (QED) is 0.909. The summed E-state index contributed by atoms with van der Waals surface area (Å²) in [5.41, 5.74) is 2.61. The molecule has 7 heteroatoms. The van der Waals surface area contributed by atoms with Gasteiger partial charge in [0.25, 0.3) is 0 Å². The van der Waals surface area contributed by atoms with E-state index in [1.165, 1.54) is 0 Å². The third kappa shape index (κ3) is 3.25. The highest BCUT2D eigenvalue weighted by atomic mass is 32.2. The van der Waals surface area contributed by atoms with E-state index in [9.17, 15) is 8.42 Å². The molecule has 3 rings (SSSR count). The molecule has 0 unspecified atom stereocenters. The molecule has 0 spiro atoms. The molecule has 0 amide bonds. The number of benzene rings is 1. The lowest BCUT2D eigenvalue weighted by Gasteiger charge is -2.16. The molecule has 1 N–H and O–H groups in total. The molecule has 1 fully saturated rings. The monoisotopic (exact) mass is 335 g/mol. The number of nitrogens with zero attached hydrogens (tertiary/aromatic N) is 2. The Labute approximate surface area is 136 Å². The van der Waals surface area contributed by atoms with Gasteiger partial charge in [-0.15, -0.1) is 0 Å². The summed E-state index contributed by atoms with van der Waals surface area (Å²) in [5.74, 6) is 0.774. The van der Waals surface area contributed by atoms with Crippen molar-refractivity contribution in [2.24, 2.45) is 0 Å². The van der Waals surface area contributed by atoms with E-state index in [0.29, 0.717) is 24.5 Å². The van der Waals surface area contributed by atoms with Crippen molar-refractivity contribution in [2.75, 3.05) is 18.4 Å². The second-order valence-electron chi connectivity index (χ2n) is 5.80. The SMILES string of the molecule is Cc1noc(C)c1CNc1cccc(S(=O)(=O)N2CCCC2)c1. The van der Waals surface area contributed by atoms with Crippen LogP contribution < -0.4 is 5.32 Å². The predicted molar refractivity (Wildman–Crippen MR) is 87.7 cm³/mol. The first-order chi connectivity index (χ1) is 11.0. The fourth-order valence-electron chi connectivity index (χ4n) is 2.79. The average molecular weight is 335 g/mol. The summed E-state index contributed by atoms with van der Waals surface area (Å²) in [7, 11) is -3.39. The largest absolute Gasteiger partial charge is 0.381 e. The molecule has 1 aliphatic heterocycles. The van der Waals surface area contributed by atoms with Crippen LogP contribution in [0.3, 0.4) is 0 Å². The van der Waals surface area contributed by atoms with Crippen LogP contribution in [-0.2, 0) is 16.6 Å². The molecule has 1 aliphatic rings. The smallest absolute Gasteiger partial charge is 0.243 e. The number of nitrogens with one attached hydrogen (secondary N) is 1. The predicted octanol–water partition coefficient (Wildman–Crippen LogP) is 2.69. The van der Waals surface area contributed by atoms with Crippen LogP contribution in [0.1, 0.15) is 29.9 Å². The fraction of sp³-hybridized carbons (Fsp3) is 0.438. The van der Waals surface area contributed by atoms with E-state index in [1.54, 1.807) is 22.5 Å². The third-order valence-corrected chi connectivity index (χ3v) is 6.08. The maximum Gasteiger partial charge on any atom is 0.243 e. The van der Waals surface area contributed by atoms with Gasteiger partial charge in [-0.25, -0.2) is 8.42 Å². The average Bonchev–Trinajstić information content (AvgIpc) is 3.17. The molecule has 0 bridgehead atoms. The molecular formula is C16H21N3O3S. The van der Waals surface area contributed by atoms with Crippen molar-refractivity contribution in [3.8, 4) is 0 Å². The Hall–Kier alpha value is -1.86. The van der Waals surface area contributed by atoms with Crippen molar-refractivity contribution in [1.29, 1.82) is 0 Å². The van der Waals surface area contributed by atoms with Gasteiger partial charge in [0, 0.05) is 30.9 Å². The Balaban J connectivity index is 1.77. The van der Waals surface area contributed by atoms with Crippen LogP contribution in [0.4, 0.5) is 5.69 Å². The van der Waals surface area contributed by atoms with Crippen LogP contribution in [0, 0.1) is 13.8 Å². The van der Waals surface area contributed by atoms with Gasteiger partial charge in [-0.3, -0.25) is 0 Å². The molecule has 1 saturated heterocycles. The van der Waals surface area contributed by atoms with Gasteiger partial charge in [-0.05, 0) is 44.9 Å². The van der Waals surface area contributed by atoms with Gasteiger partial charge in [0.1, 0.15) is 5.76 Å². The maximum atomic E-state index is 12.6. The zero-order valence-electron chi connectivity index (χ0n) is 13.4. The highest BCUT2D eigenvalue weighted by Crippen LogP contribution is 2.23. The Morgan fingerprint density at radius 1 is 1.26 bits per heavy atom. The minimum absolute atomic E-state index is 0.336. The second kappa shape index (κ2) is 6.33. The minimum atomic E-state index is -3.39. The van der Waals surface area contributed by atoms with E-state index in [1.807, 2.05) is 19.9 Å². The summed E-state index contributed by atoms with van der Waals surface area (Å²) in [4.78, 5) is 0.336. The standard InChI is InChI=1S/C16H21N3O3S/c1-12-16(13(2)22-18-12)11-17-14-6-5-7-15(10-14)23(20,21)19-8-3-4-9-19/h5-7,10,17H,3-4,8-9,11H2,1-2H3. The van der Waals surface area contributed by atoms with E-state index in [0.717, 1.165) is 35.5 Å². The summed E-state index contributed by atoms with van der Waals surface area (Å²) in [5, 5.41) is 7.17. The van der Waals surface area contributed by atoms with Crippen molar-refractivity contribution < 1.29 is 12.9 Å². The normalized spacial score (nSPS) is 15.9. The Morgan fingerprint density at radius 3 is 2.65 bits per heavy atom. The summed E-state index contributed by atoms with van der Waals surface area (Å²) < 4.78 is 31.9. The van der Waals surface area contributed by atoms with Crippen LogP contribution in [0.5, 0.6) is 0 Å². The van der Waals surface area contributed by atoms with Gasteiger partial charge >= 0.3 is 0 Å². The summed E-state index contributed by atoms with van der Waals surface area (Å²) in [6.45, 7) is 5.53. The Kier molecular flexibility index (Phi) is 4.41. The first kappa shape index (κ1) is 16.0. The summed E-state index contributed by atoms with van der Waals surface area (Å²) in [6, 6.07) is 6.96. The third-order valence-electron chi connectivity index (χ3n) is 4.19. The highest BCUT2D eigenvalue weighted by Gasteiger charge is 2.27. The van der Waals surface area contributed by atoms with Crippen molar-refractivity contribution in [3.63, 3.8) is 0 Å². The van der Waals surface area contributed by atoms with Crippen LogP contribution in [0.15, 0.2) is 33.7 Å². The van der Waals surface area contributed by atoms with E-state index in [-0.39, 0.29) is 0 Å². The molecule has 6 nitrogen and oxygen atoms in total. The molecule has 1 aromatic heterocycles. The summed E-state index contributed by atoms with van der Waals surface area (Å²) in [6.07, 6.45) is 1.87. The lowest BCUT2D eigenvalue weighted by Crippen LogP contribution is -2.27. The molecule has 0 aliphatic carbocycles. The second-order valence-corrected chi connectivity index (χ2v) is 7.73. The van der Waals surface area contributed by atoms with Crippen LogP contribution in [0.2, 0.25) is 0 Å². The minimum Gasteiger partial charge on any atom is -0.381 e. The fourth-order valence-corrected chi connectivity index (χ4v) is 4.35. The van der Waals surface area contributed by atoms with Gasteiger partial charge < -0.3 is 9.84 Å². The molecule has 0 saturated carbocycles.